The first kappa shape index (κ1) is 15.1. The van der Waals surface area contributed by atoms with Gasteiger partial charge in [-0.3, -0.25) is 4.68 Å². The summed E-state index contributed by atoms with van der Waals surface area (Å²) in [6.45, 7) is 4.13. The predicted molar refractivity (Wildman–Crippen MR) is 82.1 cm³/mol. The fourth-order valence-electron chi connectivity index (χ4n) is 2.55. The molecule has 20 heavy (non-hydrogen) atoms. The molecule has 0 aliphatic rings. The smallest absolute Gasteiger partial charge is 0.0847 e. The number of hydrogen-bond donors (Lipinski definition) is 1. The van der Waals surface area contributed by atoms with E-state index in [9.17, 15) is 5.11 Å². The summed E-state index contributed by atoms with van der Waals surface area (Å²) in [7, 11) is 1.90. The fraction of sp³-hybridized carbons (Fsp3) is 0.438. The molecule has 1 atom stereocenters. The van der Waals surface area contributed by atoms with E-state index in [4.69, 9.17) is 11.6 Å². The molecule has 0 saturated carbocycles. The van der Waals surface area contributed by atoms with Crippen molar-refractivity contribution in [3.05, 3.63) is 51.8 Å². The zero-order valence-electron chi connectivity index (χ0n) is 12.2. The van der Waals surface area contributed by atoms with Gasteiger partial charge < -0.3 is 5.11 Å². The van der Waals surface area contributed by atoms with Crippen LogP contribution in [0, 0.1) is 19.8 Å². The fourth-order valence-corrected chi connectivity index (χ4v) is 2.79. The minimum Gasteiger partial charge on any atom is -0.396 e. The molecule has 2 aromatic rings. The Morgan fingerprint density at radius 1 is 1.30 bits per heavy atom. The second-order valence-corrected chi connectivity index (χ2v) is 5.79. The Hall–Kier alpha value is -1.32. The van der Waals surface area contributed by atoms with Crippen LogP contribution in [0.5, 0.6) is 0 Å². The molecule has 4 heteroatoms. The highest BCUT2D eigenvalue weighted by atomic mass is 35.5. The number of nitrogens with zero attached hydrogens (tertiary/aromatic N) is 2. The van der Waals surface area contributed by atoms with Crippen LogP contribution < -0.4 is 0 Å². The Kier molecular flexibility index (Phi) is 4.84. The van der Waals surface area contributed by atoms with E-state index in [1.807, 2.05) is 18.7 Å². The van der Waals surface area contributed by atoms with Gasteiger partial charge in [0.2, 0.25) is 0 Å². The highest BCUT2D eigenvalue weighted by molar-refractivity contribution is 6.31. The Balaban J connectivity index is 2.13. The number of aliphatic hydroxyl groups excluding tert-OH is 1. The van der Waals surface area contributed by atoms with E-state index in [1.54, 1.807) is 0 Å². The predicted octanol–water partition coefficient (Wildman–Crippen LogP) is 3.08. The van der Waals surface area contributed by atoms with Gasteiger partial charge in [-0.2, -0.15) is 5.10 Å². The lowest BCUT2D eigenvalue weighted by Gasteiger charge is -2.15. The summed E-state index contributed by atoms with van der Waals surface area (Å²) in [4.78, 5) is 0. The minimum absolute atomic E-state index is 0.147. The van der Waals surface area contributed by atoms with Gasteiger partial charge in [0.05, 0.1) is 16.4 Å². The van der Waals surface area contributed by atoms with E-state index < -0.39 is 0 Å². The molecule has 1 aromatic carbocycles. The third kappa shape index (κ3) is 3.41. The summed E-state index contributed by atoms with van der Waals surface area (Å²) in [6.07, 6.45) is 1.58. The van der Waals surface area contributed by atoms with Gasteiger partial charge in [-0.25, -0.2) is 0 Å². The zero-order valence-corrected chi connectivity index (χ0v) is 13.0. The summed E-state index contributed by atoms with van der Waals surface area (Å²) in [5.74, 6) is 0.157. The molecule has 2 rings (SSSR count). The maximum absolute atomic E-state index is 9.63. The molecule has 0 bridgehead atoms. The van der Waals surface area contributed by atoms with Crippen molar-refractivity contribution >= 4 is 11.6 Å². The van der Waals surface area contributed by atoms with Gasteiger partial charge in [-0.05, 0) is 38.2 Å². The van der Waals surface area contributed by atoms with Crippen molar-refractivity contribution in [3.63, 3.8) is 0 Å². The van der Waals surface area contributed by atoms with Crippen molar-refractivity contribution in [3.8, 4) is 0 Å². The summed E-state index contributed by atoms with van der Waals surface area (Å²) in [6, 6.07) is 8.41. The van der Waals surface area contributed by atoms with Crippen LogP contribution in [0.25, 0.3) is 0 Å². The van der Waals surface area contributed by atoms with Crippen LogP contribution in [0.4, 0.5) is 0 Å². The normalized spacial score (nSPS) is 12.7. The van der Waals surface area contributed by atoms with Gasteiger partial charge in [0, 0.05) is 13.7 Å². The molecule has 108 valence electrons. The van der Waals surface area contributed by atoms with E-state index in [1.165, 1.54) is 11.1 Å². The third-order valence-corrected chi connectivity index (χ3v) is 4.10. The lowest BCUT2D eigenvalue weighted by atomic mass is 9.94. The maximum Gasteiger partial charge on any atom is 0.0847 e. The van der Waals surface area contributed by atoms with Crippen molar-refractivity contribution in [2.75, 3.05) is 6.61 Å². The van der Waals surface area contributed by atoms with Gasteiger partial charge >= 0.3 is 0 Å². The van der Waals surface area contributed by atoms with Crippen molar-refractivity contribution in [1.82, 2.24) is 9.78 Å². The van der Waals surface area contributed by atoms with Crippen LogP contribution in [0.3, 0.4) is 0 Å². The first-order valence-electron chi connectivity index (χ1n) is 6.85. The Bertz CT molecular complexity index is 592. The number of aromatic nitrogens is 2. The summed E-state index contributed by atoms with van der Waals surface area (Å²) in [5, 5.41) is 14.7. The molecule has 0 aliphatic heterocycles. The molecule has 3 nitrogen and oxygen atoms in total. The molecule has 0 radical (unpaired) electrons. The standard InChI is InChI=1S/C16H21ClN2O/c1-11-5-4-6-13(7-11)8-14(10-20)9-15-16(17)12(2)18-19(15)3/h4-7,14,20H,8-10H2,1-3H3. The van der Waals surface area contributed by atoms with Crippen LogP contribution in [0.2, 0.25) is 5.02 Å². The zero-order chi connectivity index (χ0) is 14.7. The van der Waals surface area contributed by atoms with E-state index in [2.05, 4.69) is 36.3 Å². The molecular weight excluding hydrogens is 272 g/mol. The van der Waals surface area contributed by atoms with Crippen LogP contribution in [0.15, 0.2) is 24.3 Å². The molecular formula is C16H21ClN2O. The van der Waals surface area contributed by atoms with Crippen molar-refractivity contribution in [2.24, 2.45) is 13.0 Å². The quantitative estimate of drug-likeness (QED) is 0.920. The Morgan fingerprint density at radius 2 is 2.05 bits per heavy atom. The van der Waals surface area contributed by atoms with E-state index in [-0.39, 0.29) is 12.5 Å². The summed E-state index contributed by atoms with van der Waals surface area (Å²) in [5.41, 5.74) is 4.33. The van der Waals surface area contributed by atoms with Gasteiger partial charge in [-0.1, -0.05) is 41.4 Å². The first-order valence-corrected chi connectivity index (χ1v) is 7.23. The lowest BCUT2D eigenvalue weighted by molar-refractivity contribution is 0.223. The van der Waals surface area contributed by atoms with Crippen LogP contribution in [0.1, 0.15) is 22.5 Å². The third-order valence-electron chi connectivity index (χ3n) is 3.61. The van der Waals surface area contributed by atoms with Crippen LogP contribution in [-0.2, 0) is 19.9 Å². The first-order chi connectivity index (χ1) is 9.51. The summed E-state index contributed by atoms with van der Waals surface area (Å²) >= 11 is 6.28. The van der Waals surface area contributed by atoms with Gasteiger partial charge in [0.15, 0.2) is 0 Å². The maximum atomic E-state index is 9.63. The number of benzene rings is 1. The molecule has 0 amide bonds. The number of halogens is 1. The number of hydrogen-bond acceptors (Lipinski definition) is 2. The number of rotatable bonds is 5. The molecule has 1 N–H and O–H groups in total. The molecule has 1 heterocycles. The summed E-state index contributed by atoms with van der Waals surface area (Å²) < 4.78 is 1.82. The largest absolute Gasteiger partial charge is 0.396 e. The monoisotopic (exact) mass is 292 g/mol. The molecule has 0 spiro atoms. The number of aliphatic hydroxyl groups is 1. The molecule has 1 unspecified atom stereocenters. The SMILES string of the molecule is Cc1cccc(CC(CO)Cc2c(Cl)c(C)nn2C)c1. The highest BCUT2D eigenvalue weighted by Crippen LogP contribution is 2.23. The van der Waals surface area contributed by atoms with Crippen LogP contribution >= 0.6 is 11.6 Å². The second-order valence-electron chi connectivity index (χ2n) is 5.42. The average molecular weight is 293 g/mol. The lowest BCUT2D eigenvalue weighted by Crippen LogP contribution is -2.15. The molecule has 0 fully saturated rings. The molecule has 0 aliphatic carbocycles. The van der Waals surface area contributed by atoms with Crippen molar-refractivity contribution < 1.29 is 5.11 Å². The van der Waals surface area contributed by atoms with Gasteiger partial charge in [-0.15, -0.1) is 0 Å². The van der Waals surface area contributed by atoms with Crippen molar-refractivity contribution in [2.45, 2.75) is 26.7 Å². The Morgan fingerprint density at radius 3 is 2.60 bits per heavy atom. The minimum atomic E-state index is 0.147. The average Bonchev–Trinajstić information content (AvgIpc) is 2.64. The topological polar surface area (TPSA) is 38.1 Å². The second kappa shape index (κ2) is 6.42. The van der Waals surface area contributed by atoms with Gasteiger partial charge in [0.25, 0.3) is 0 Å². The van der Waals surface area contributed by atoms with E-state index >= 15 is 0 Å². The Labute approximate surface area is 125 Å². The highest BCUT2D eigenvalue weighted by Gasteiger charge is 2.17. The molecule has 1 aromatic heterocycles. The molecule has 0 saturated heterocycles. The number of aryl methyl sites for hydroxylation is 3. The van der Waals surface area contributed by atoms with E-state index in [0.29, 0.717) is 0 Å². The van der Waals surface area contributed by atoms with E-state index in [0.717, 1.165) is 29.3 Å². The van der Waals surface area contributed by atoms with Gasteiger partial charge in [0.1, 0.15) is 0 Å². The van der Waals surface area contributed by atoms with Crippen molar-refractivity contribution in [1.29, 1.82) is 0 Å². The van der Waals surface area contributed by atoms with Crippen LogP contribution in [-0.4, -0.2) is 21.5 Å².